The lowest BCUT2D eigenvalue weighted by molar-refractivity contribution is -0.132. The molecular formula is C9H12O2. The molecule has 0 rings (SSSR count). The zero-order chi connectivity index (χ0) is 8.85. The van der Waals surface area contributed by atoms with Crippen LogP contribution in [-0.2, 0) is 4.79 Å². The molecule has 0 saturated carbocycles. The number of carbonyl (C=O) groups is 1. The van der Waals surface area contributed by atoms with E-state index in [4.69, 9.17) is 5.11 Å². The van der Waals surface area contributed by atoms with Crippen molar-refractivity contribution in [2.75, 3.05) is 0 Å². The molecule has 11 heavy (non-hydrogen) atoms. The molecule has 0 unspecified atom stereocenters. The Balaban J connectivity index is 4.67. The van der Waals surface area contributed by atoms with E-state index in [2.05, 4.69) is 6.58 Å². The molecule has 0 spiro atoms. The van der Waals surface area contributed by atoms with Gasteiger partial charge in [-0.15, -0.1) is 0 Å². The number of hydrogen-bond donors (Lipinski definition) is 1. The molecule has 60 valence electrons. The third-order valence-electron chi connectivity index (χ3n) is 1.31. The predicted octanol–water partition coefficient (Wildman–Crippen LogP) is 2.15. The Bertz CT molecular complexity index is 222. The average molecular weight is 152 g/mol. The van der Waals surface area contributed by atoms with Crippen molar-refractivity contribution in [2.45, 2.75) is 13.8 Å². The third-order valence-corrected chi connectivity index (χ3v) is 1.31. The van der Waals surface area contributed by atoms with Gasteiger partial charge in [0.15, 0.2) is 0 Å². The maximum atomic E-state index is 10.5. The van der Waals surface area contributed by atoms with Crippen LogP contribution in [0.1, 0.15) is 13.8 Å². The van der Waals surface area contributed by atoms with Crippen LogP contribution in [0.3, 0.4) is 0 Å². The second-order valence-electron chi connectivity index (χ2n) is 2.09. The second kappa shape index (κ2) is 4.50. The number of allylic oxidation sites excluding steroid dienone is 3. The van der Waals surface area contributed by atoms with E-state index in [1.54, 1.807) is 32.1 Å². The summed E-state index contributed by atoms with van der Waals surface area (Å²) in [6.45, 7) is 6.92. The van der Waals surface area contributed by atoms with Crippen LogP contribution < -0.4 is 0 Å². The van der Waals surface area contributed by atoms with Gasteiger partial charge in [-0.1, -0.05) is 24.8 Å². The van der Waals surface area contributed by atoms with Crippen molar-refractivity contribution < 1.29 is 9.90 Å². The summed E-state index contributed by atoms with van der Waals surface area (Å²) in [5, 5.41) is 8.63. The van der Waals surface area contributed by atoms with Crippen LogP contribution in [0, 0.1) is 0 Å². The minimum atomic E-state index is -0.900. The number of rotatable bonds is 3. The van der Waals surface area contributed by atoms with E-state index >= 15 is 0 Å². The maximum absolute atomic E-state index is 10.5. The average Bonchev–Trinajstić information content (AvgIpc) is 1.88. The van der Waals surface area contributed by atoms with Gasteiger partial charge in [0.1, 0.15) is 0 Å². The van der Waals surface area contributed by atoms with Crippen molar-refractivity contribution in [1.29, 1.82) is 0 Å². The van der Waals surface area contributed by atoms with Gasteiger partial charge in [-0.2, -0.15) is 0 Å². The highest BCUT2D eigenvalue weighted by molar-refractivity contribution is 5.91. The lowest BCUT2D eigenvalue weighted by atomic mass is 10.1. The first kappa shape index (κ1) is 9.69. The first-order valence-corrected chi connectivity index (χ1v) is 3.32. The van der Waals surface area contributed by atoms with Gasteiger partial charge in [0.25, 0.3) is 0 Å². The number of carboxylic acid groups (broad SMARTS) is 1. The summed E-state index contributed by atoms with van der Waals surface area (Å²) in [4.78, 5) is 10.5. The molecule has 0 aromatic rings. The van der Waals surface area contributed by atoms with E-state index in [1.807, 2.05) is 0 Å². The minimum Gasteiger partial charge on any atom is -0.478 e. The molecule has 0 aromatic heterocycles. The molecule has 2 heteroatoms. The molecular weight excluding hydrogens is 140 g/mol. The number of hydrogen-bond acceptors (Lipinski definition) is 1. The standard InChI is InChI=1S/C9H12O2/c1-4-6-7(3)8(5-2)9(10)11/h4-6H,1H2,2-3H3,(H,10,11)/b7-6-,8-5+. The van der Waals surface area contributed by atoms with Crippen LogP contribution >= 0.6 is 0 Å². The van der Waals surface area contributed by atoms with Crippen LogP contribution in [0.15, 0.2) is 36.0 Å². The van der Waals surface area contributed by atoms with Gasteiger partial charge in [-0.3, -0.25) is 0 Å². The van der Waals surface area contributed by atoms with E-state index in [0.717, 1.165) is 5.57 Å². The van der Waals surface area contributed by atoms with Crippen molar-refractivity contribution in [1.82, 2.24) is 0 Å². The first-order chi connectivity index (χ1) is 5.13. The predicted molar refractivity (Wildman–Crippen MR) is 45.3 cm³/mol. The molecule has 0 aromatic carbocycles. The Kier molecular flexibility index (Phi) is 3.96. The van der Waals surface area contributed by atoms with Crippen LogP contribution in [0.4, 0.5) is 0 Å². The fourth-order valence-corrected chi connectivity index (χ4v) is 0.786. The summed E-state index contributed by atoms with van der Waals surface area (Å²) in [6.07, 6.45) is 4.81. The van der Waals surface area contributed by atoms with Crippen molar-refractivity contribution in [3.8, 4) is 0 Å². The van der Waals surface area contributed by atoms with E-state index in [9.17, 15) is 4.79 Å². The molecule has 0 radical (unpaired) electrons. The Morgan fingerprint density at radius 2 is 2.09 bits per heavy atom. The van der Waals surface area contributed by atoms with Gasteiger partial charge in [-0.25, -0.2) is 4.79 Å². The first-order valence-electron chi connectivity index (χ1n) is 3.32. The van der Waals surface area contributed by atoms with E-state index in [-0.39, 0.29) is 0 Å². The smallest absolute Gasteiger partial charge is 0.335 e. The number of carboxylic acids is 1. The molecule has 0 atom stereocenters. The second-order valence-corrected chi connectivity index (χ2v) is 2.09. The summed E-state index contributed by atoms with van der Waals surface area (Å²) < 4.78 is 0. The lowest BCUT2D eigenvalue weighted by Crippen LogP contribution is -2.00. The van der Waals surface area contributed by atoms with Crippen molar-refractivity contribution >= 4 is 5.97 Å². The lowest BCUT2D eigenvalue weighted by Gasteiger charge is -1.98. The third kappa shape index (κ3) is 2.85. The Hall–Kier alpha value is -1.31. The van der Waals surface area contributed by atoms with Crippen LogP contribution in [0.2, 0.25) is 0 Å². The minimum absolute atomic E-state index is 0.324. The van der Waals surface area contributed by atoms with Crippen molar-refractivity contribution in [3.63, 3.8) is 0 Å². The Labute approximate surface area is 66.5 Å². The SMILES string of the molecule is C=C/C=C(C)\C(=C/C)C(=O)O. The topological polar surface area (TPSA) is 37.3 Å². The highest BCUT2D eigenvalue weighted by Crippen LogP contribution is 2.08. The summed E-state index contributed by atoms with van der Waals surface area (Å²) in [5.41, 5.74) is 1.04. The molecule has 0 heterocycles. The van der Waals surface area contributed by atoms with Gasteiger partial charge in [0.05, 0.1) is 5.57 Å². The zero-order valence-corrected chi connectivity index (χ0v) is 6.79. The monoisotopic (exact) mass is 152 g/mol. The van der Waals surface area contributed by atoms with Gasteiger partial charge in [-0.05, 0) is 19.4 Å². The van der Waals surface area contributed by atoms with Crippen LogP contribution in [-0.4, -0.2) is 11.1 Å². The summed E-state index contributed by atoms with van der Waals surface area (Å²) in [6, 6.07) is 0. The van der Waals surface area contributed by atoms with Gasteiger partial charge in [0.2, 0.25) is 0 Å². The van der Waals surface area contributed by atoms with Crippen molar-refractivity contribution in [3.05, 3.63) is 36.0 Å². The number of aliphatic carboxylic acids is 1. The highest BCUT2D eigenvalue weighted by Gasteiger charge is 2.05. The summed E-state index contributed by atoms with van der Waals surface area (Å²) in [5.74, 6) is -0.900. The van der Waals surface area contributed by atoms with Gasteiger partial charge in [0, 0.05) is 0 Å². The Morgan fingerprint density at radius 1 is 1.55 bits per heavy atom. The van der Waals surface area contributed by atoms with Crippen LogP contribution in [0.5, 0.6) is 0 Å². The summed E-state index contributed by atoms with van der Waals surface area (Å²) in [7, 11) is 0. The van der Waals surface area contributed by atoms with Gasteiger partial charge >= 0.3 is 5.97 Å². The summed E-state index contributed by atoms with van der Waals surface area (Å²) >= 11 is 0. The molecule has 2 nitrogen and oxygen atoms in total. The fraction of sp³-hybridized carbons (Fsp3) is 0.222. The highest BCUT2D eigenvalue weighted by atomic mass is 16.4. The molecule has 1 N–H and O–H groups in total. The molecule has 0 aliphatic heterocycles. The van der Waals surface area contributed by atoms with E-state index in [0.29, 0.717) is 5.57 Å². The molecule has 0 saturated heterocycles. The normalized spacial score (nSPS) is 12.9. The van der Waals surface area contributed by atoms with E-state index < -0.39 is 5.97 Å². The van der Waals surface area contributed by atoms with E-state index in [1.165, 1.54) is 0 Å². The van der Waals surface area contributed by atoms with Crippen molar-refractivity contribution in [2.24, 2.45) is 0 Å². The zero-order valence-electron chi connectivity index (χ0n) is 6.79. The Morgan fingerprint density at radius 3 is 2.36 bits per heavy atom. The quantitative estimate of drug-likeness (QED) is 0.497. The maximum Gasteiger partial charge on any atom is 0.335 e. The largest absolute Gasteiger partial charge is 0.478 e. The van der Waals surface area contributed by atoms with Gasteiger partial charge < -0.3 is 5.11 Å². The molecule has 0 bridgehead atoms. The molecule has 0 aliphatic rings. The molecule has 0 aliphatic carbocycles. The molecule has 0 amide bonds. The van der Waals surface area contributed by atoms with Crippen LogP contribution in [0.25, 0.3) is 0 Å². The fourth-order valence-electron chi connectivity index (χ4n) is 0.786. The molecule has 0 fully saturated rings.